The van der Waals surface area contributed by atoms with Gasteiger partial charge in [-0.15, -0.1) is 0 Å². The fourth-order valence-electron chi connectivity index (χ4n) is 6.03. The van der Waals surface area contributed by atoms with Gasteiger partial charge in [0.05, 0.1) is 24.4 Å². The number of aromatic nitrogens is 1. The number of likely N-dealkylation sites (tertiary alicyclic amines) is 1. The number of nitrogens with zero attached hydrogens (tertiary/aromatic N) is 2. The van der Waals surface area contributed by atoms with E-state index in [0.717, 1.165) is 48.3 Å². The highest BCUT2D eigenvalue weighted by molar-refractivity contribution is 6.36. The number of nitrogens with one attached hydrogen (secondary N) is 3. The van der Waals surface area contributed by atoms with Gasteiger partial charge < -0.3 is 30.2 Å². The van der Waals surface area contributed by atoms with Crippen molar-refractivity contribution in [2.24, 2.45) is 0 Å². The van der Waals surface area contributed by atoms with Crippen LogP contribution in [0.4, 0.5) is 5.69 Å². The van der Waals surface area contributed by atoms with Gasteiger partial charge in [0.15, 0.2) is 0 Å². The number of carbonyl (C=O) groups excluding carboxylic acids is 3. The summed E-state index contributed by atoms with van der Waals surface area (Å²) in [6.07, 6.45) is 6.98. The van der Waals surface area contributed by atoms with Gasteiger partial charge in [-0.3, -0.25) is 14.4 Å². The second-order valence-corrected chi connectivity index (χ2v) is 11.1. The lowest BCUT2D eigenvalue weighted by molar-refractivity contribution is -0.110. The van der Waals surface area contributed by atoms with E-state index < -0.39 is 0 Å². The molecule has 2 aromatic carbocycles. The summed E-state index contributed by atoms with van der Waals surface area (Å²) >= 11 is 0. The fraction of sp³-hybridized carbons (Fsp3) is 0.364. The number of anilines is 1. The van der Waals surface area contributed by atoms with E-state index in [0.29, 0.717) is 60.9 Å². The Bertz CT molecular complexity index is 1530. The van der Waals surface area contributed by atoms with Gasteiger partial charge in [-0.1, -0.05) is 24.3 Å². The number of H-pyrrole nitrogens is 1. The molecule has 0 unspecified atom stereocenters. The molecule has 1 aromatic heterocycles. The van der Waals surface area contributed by atoms with E-state index in [4.69, 9.17) is 4.74 Å². The normalized spacial score (nSPS) is 17.9. The van der Waals surface area contributed by atoms with Gasteiger partial charge in [-0.05, 0) is 86.8 Å². The molecule has 6 rings (SSSR count). The smallest absolute Gasteiger partial charge is 0.256 e. The first kappa shape index (κ1) is 27.9. The number of hydrogen-bond donors (Lipinski definition) is 3. The van der Waals surface area contributed by atoms with Crippen LogP contribution in [0.1, 0.15) is 56.8 Å². The molecule has 0 bridgehead atoms. The molecule has 9 heteroatoms. The highest BCUT2D eigenvalue weighted by atomic mass is 16.5. The monoisotopic (exact) mass is 567 g/mol. The van der Waals surface area contributed by atoms with Crippen LogP contribution >= 0.6 is 0 Å². The standard InChI is InChI=1S/C33H37N5O4/c1-22-27(33(41)38-15-17-42-18-16-38)21-35-29(22)20-26-30-25(9-5-10-28(30)36-32(26)40)23-7-4-8-24(19-23)31(39)34-11-6-14-37-12-2-3-13-37/h4-5,7-10,19-21,35H,2-3,6,11-18H2,1H3,(H,34,39)(H,36,40)/b26-20-. The molecule has 0 aliphatic carbocycles. The van der Waals surface area contributed by atoms with Crippen molar-refractivity contribution in [2.45, 2.75) is 26.2 Å². The number of aromatic amines is 1. The SMILES string of the molecule is Cc1c(C(=O)N2CCOCC2)c[nH]c1/C=C1\C(=O)Nc2cccc(-c3cccc(C(=O)NCCCN4CCCC4)c3)c21. The van der Waals surface area contributed by atoms with Crippen LogP contribution in [0.5, 0.6) is 0 Å². The first-order chi connectivity index (χ1) is 20.5. The van der Waals surface area contributed by atoms with Crippen molar-refractivity contribution in [1.29, 1.82) is 0 Å². The molecule has 0 atom stereocenters. The summed E-state index contributed by atoms with van der Waals surface area (Å²) in [5.41, 5.74) is 6.39. The van der Waals surface area contributed by atoms with Gasteiger partial charge in [0, 0.05) is 48.3 Å². The molecule has 0 radical (unpaired) electrons. The Morgan fingerprint density at radius 3 is 2.64 bits per heavy atom. The lowest BCUT2D eigenvalue weighted by Gasteiger charge is -2.26. The third-order valence-corrected chi connectivity index (χ3v) is 8.40. The van der Waals surface area contributed by atoms with E-state index in [1.54, 1.807) is 11.1 Å². The van der Waals surface area contributed by atoms with Crippen molar-refractivity contribution in [3.05, 3.63) is 76.6 Å². The molecule has 3 amide bonds. The van der Waals surface area contributed by atoms with Crippen LogP contribution in [-0.2, 0) is 9.53 Å². The van der Waals surface area contributed by atoms with Gasteiger partial charge in [0.25, 0.3) is 17.7 Å². The predicted molar refractivity (Wildman–Crippen MR) is 163 cm³/mol. The Balaban J connectivity index is 1.23. The van der Waals surface area contributed by atoms with E-state index in [1.807, 2.05) is 55.5 Å². The molecule has 42 heavy (non-hydrogen) atoms. The maximum absolute atomic E-state index is 13.2. The number of carbonyl (C=O) groups is 3. The lowest BCUT2D eigenvalue weighted by atomic mass is 9.93. The van der Waals surface area contributed by atoms with Gasteiger partial charge in [-0.2, -0.15) is 0 Å². The molecule has 2 fully saturated rings. The largest absolute Gasteiger partial charge is 0.378 e. The molecule has 4 heterocycles. The third-order valence-electron chi connectivity index (χ3n) is 8.40. The summed E-state index contributed by atoms with van der Waals surface area (Å²) in [6.45, 7) is 8.05. The molecule has 3 N–H and O–H groups in total. The van der Waals surface area contributed by atoms with Crippen LogP contribution in [0, 0.1) is 6.92 Å². The average Bonchev–Trinajstić information content (AvgIpc) is 3.75. The van der Waals surface area contributed by atoms with E-state index in [-0.39, 0.29) is 17.7 Å². The van der Waals surface area contributed by atoms with Gasteiger partial charge in [0.2, 0.25) is 0 Å². The number of ether oxygens (including phenoxy) is 1. The summed E-state index contributed by atoms with van der Waals surface area (Å²) in [5.74, 6) is -0.352. The average molecular weight is 568 g/mol. The zero-order valence-corrected chi connectivity index (χ0v) is 24.0. The molecule has 2 saturated heterocycles. The third kappa shape index (κ3) is 5.75. The maximum Gasteiger partial charge on any atom is 0.256 e. The molecular weight excluding hydrogens is 530 g/mol. The summed E-state index contributed by atoms with van der Waals surface area (Å²) < 4.78 is 5.38. The zero-order chi connectivity index (χ0) is 29.1. The predicted octanol–water partition coefficient (Wildman–Crippen LogP) is 4.17. The number of fused-ring (bicyclic) bond motifs is 1. The van der Waals surface area contributed by atoms with Crippen LogP contribution in [0.25, 0.3) is 22.8 Å². The quantitative estimate of drug-likeness (QED) is 0.280. The number of morpholine rings is 1. The summed E-state index contributed by atoms with van der Waals surface area (Å²) in [7, 11) is 0. The number of benzene rings is 2. The first-order valence-electron chi connectivity index (χ1n) is 14.8. The van der Waals surface area contributed by atoms with E-state index in [2.05, 4.69) is 20.5 Å². The van der Waals surface area contributed by atoms with Crippen LogP contribution < -0.4 is 10.6 Å². The van der Waals surface area contributed by atoms with Crippen molar-refractivity contribution < 1.29 is 19.1 Å². The van der Waals surface area contributed by atoms with Crippen LogP contribution in [0.2, 0.25) is 0 Å². The van der Waals surface area contributed by atoms with Crippen molar-refractivity contribution in [1.82, 2.24) is 20.1 Å². The van der Waals surface area contributed by atoms with Crippen molar-refractivity contribution in [2.75, 3.05) is 57.8 Å². The molecule has 0 spiro atoms. The molecular formula is C33H37N5O4. The van der Waals surface area contributed by atoms with Crippen molar-refractivity contribution in [3.8, 4) is 11.1 Å². The zero-order valence-electron chi connectivity index (χ0n) is 24.0. The van der Waals surface area contributed by atoms with Crippen molar-refractivity contribution >= 4 is 35.1 Å². The Morgan fingerprint density at radius 1 is 1.05 bits per heavy atom. The molecule has 0 saturated carbocycles. The van der Waals surface area contributed by atoms with Crippen LogP contribution in [0.15, 0.2) is 48.7 Å². The van der Waals surface area contributed by atoms with E-state index >= 15 is 0 Å². The van der Waals surface area contributed by atoms with Crippen LogP contribution in [0.3, 0.4) is 0 Å². The topological polar surface area (TPSA) is 107 Å². The highest BCUT2D eigenvalue weighted by Crippen LogP contribution is 2.41. The van der Waals surface area contributed by atoms with Gasteiger partial charge >= 0.3 is 0 Å². The second kappa shape index (κ2) is 12.3. The maximum atomic E-state index is 13.2. The van der Waals surface area contributed by atoms with Crippen LogP contribution in [-0.4, -0.2) is 85.0 Å². The Morgan fingerprint density at radius 2 is 1.83 bits per heavy atom. The number of rotatable bonds is 8. The minimum Gasteiger partial charge on any atom is -0.378 e. The summed E-state index contributed by atoms with van der Waals surface area (Å²) in [4.78, 5) is 46.7. The molecule has 3 aromatic rings. The minimum absolute atomic E-state index is 0.0419. The lowest BCUT2D eigenvalue weighted by Crippen LogP contribution is -2.40. The highest BCUT2D eigenvalue weighted by Gasteiger charge is 2.29. The van der Waals surface area contributed by atoms with E-state index in [1.165, 1.54) is 12.8 Å². The number of amides is 3. The van der Waals surface area contributed by atoms with Crippen molar-refractivity contribution in [3.63, 3.8) is 0 Å². The van der Waals surface area contributed by atoms with E-state index in [9.17, 15) is 14.4 Å². The Hall–Kier alpha value is -4.21. The Labute approximate surface area is 245 Å². The second-order valence-electron chi connectivity index (χ2n) is 11.1. The Kier molecular flexibility index (Phi) is 8.21. The fourth-order valence-corrected chi connectivity index (χ4v) is 6.03. The molecule has 9 nitrogen and oxygen atoms in total. The summed E-state index contributed by atoms with van der Waals surface area (Å²) in [5, 5.41) is 6.04. The minimum atomic E-state index is -0.209. The number of hydrogen-bond acceptors (Lipinski definition) is 5. The molecule has 3 aliphatic rings. The van der Waals surface area contributed by atoms with Gasteiger partial charge in [0.1, 0.15) is 0 Å². The molecule has 3 aliphatic heterocycles. The van der Waals surface area contributed by atoms with Gasteiger partial charge in [-0.25, -0.2) is 0 Å². The molecule has 218 valence electrons. The summed E-state index contributed by atoms with van der Waals surface area (Å²) in [6, 6.07) is 13.3. The first-order valence-corrected chi connectivity index (χ1v) is 14.8.